The molecule has 1 amide bonds. The first-order chi connectivity index (χ1) is 8.99. The van der Waals surface area contributed by atoms with Crippen molar-refractivity contribution in [1.82, 2.24) is 10.6 Å². The van der Waals surface area contributed by atoms with Gasteiger partial charge < -0.3 is 15.7 Å². The maximum atomic E-state index is 11.0. The van der Waals surface area contributed by atoms with Gasteiger partial charge in [0.25, 0.3) is 0 Å². The van der Waals surface area contributed by atoms with Crippen molar-refractivity contribution < 1.29 is 14.7 Å². The first-order valence-electron chi connectivity index (χ1n) is 6.75. The molecule has 0 aromatic heterocycles. The van der Waals surface area contributed by atoms with Crippen molar-refractivity contribution in [1.29, 1.82) is 0 Å². The SMILES string of the molecule is CSC1(CNCC(NC(C)=O)C(=O)O)CCCCC1. The zero-order valence-corrected chi connectivity index (χ0v) is 12.5. The lowest BCUT2D eigenvalue weighted by atomic mass is 9.88. The number of hydrogen-bond donors (Lipinski definition) is 3. The Hall–Kier alpha value is -0.750. The third kappa shape index (κ3) is 5.40. The van der Waals surface area contributed by atoms with Crippen molar-refractivity contribution in [3.63, 3.8) is 0 Å². The number of carbonyl (C=O) groups excluding carboxylic acids is 1. The van der Waals surface area contributed by atoms with Crippen LogP contribution in [0.3, 0.4) is 0 Å². The Kier molecular flexibility index (Phi) is 6.65. The Morgan fingerprint density at radius 3 is 2.42 bits per heavy atom. The molecule has 110 valence electrons. The number of thioether (sulfide) groups is 1. The predicted octanol–water partition coefficient (Wildman–Crippen LogP) is 1.23. The normalized spacial score (nSPS) is 19.7. The van der Waals surface area contributed by atoms with E-state index in [4.69, 9.17) is 5.11 Å². The minimum Gasteiger partial charge on any atom is -0.480 e. The summed E-state index contributed by atoms with van der Waals surface area (Å²) in [5.41, 5.74) is 0. The molecule has 0 saturated heterocycles. The number of carboxylic acids is 1. The summed E-state index contributed by atoms with van der Waals surface area (Å²) in [6.45, 7) is 2.41. The van der Waals surface area contributed by atoms with E-state index in [2.05, 4.69) is 16.9 Å². The van der Waals surface area contributed by atoms with Gasteiger partial charge in [-0.25, -0.2) is 4.79 Å². The smallest absolute Gasteiger partial charge is 0.327 e. The highest BCUT2D eigenvalue weighted by Crippen LogP contribution is 2.37. The second-order valence-electron chi connectivity index (χ2n) is 5.17. The third-order valence-corrected chi connectivity index (χ3v) is 5.09. The predicted molar refractivity (Wildman–Crippen MR) is 77.4 cm³/mol. The largest absolute Gasteiger partial charge is 0.480 e. The highest BCUT2D eigenvalue weighted by Gasteiger charge is 2.31. The fraction of sp³-hybridized carbons (Fsp3) is 0.846. The molecule has 1 aliphatic carbocycles. The molecular formula is C13H24N2O3S. The number of nitrogens with one attached hydrogen (secondary N) is 2. The Bertz CT molecular complexity index is 317. The average Bonchev–Trinajstić information content (AvgIpc) is 2.38. The van der Waals surface area contributed by atoms with Crippen LogP contribution >= 0.6 is 11.8 Å². The van der Waals surface area contributed by atoms with E-state index in [1.807, 2.05) is 11.8 Å². The van der Waals surface area contributed by atoms with Crippen LogP contribution in [0.2, 0.25) is 0 Å². The van der Waals surface area contributed by atoms with E-state index in [-0.39, 0.29) is 17.2 Å². The molecule has 1 fully saturated rings. The monoisotopic (exact) mass is 288 g/mol. The van der Waals surface area contributed by atoms with E-state index < -0.39 is 12.0 Å². The summed E-state index contributed by atoms with van der Waals surface area (Å²) >= 11 is 1.87. The Labute approximate surface area is 118 Å². The fourth-order valence-corrected chi connectivity index (χ4v) is 3.48. The first-order valence-corrected chi connectivity index (χ1v) is 7.97. The summed E-state index contributed by atoms with van der Waals surface area (Å²) in [6.07, 6.45) is 8.27. The maximum Gasteiger partial charge on any atom is 0.327 e. The minimum atomic E-state index is -0.996. The van der Waals surface area contributed by atoms with E-state index >= 15 is 0 Å². The van der Waals surface area contributed by atoms with Gasteiger partial charge in [0.2, 0.25) is 5.91 Å². The second-order valence-corrected chi connectivity index (χ2v) is 6.44. The average molecular weight is 288 g/mol. The van der Waals surface area contributed by atoms with Gasteiger partial charge in [0.1, 0.15) is 6.04 Å². The number of rotatable bonds is 7. The summed E-state index contributed by atoms with van der Waals surface area (Å²) in [5.74, 6) is -1.31. The third-order valence-electron chi connectivity index (χ3n) is 3.67. The van der Waals surface area contributed by atoms with Crippen LogP contribution < -0.4 is 10.6 Å². The van der Waals surface area contributed by atoms with Crippen molar-refractivity contribution in [2.75, 3.05) is 19.3 Å². The van der Waals surface area contributed by atoms with Gasteiger partial charge in [0.15, 0.2) is 0 Å². The molecule has 0 aromatic rings. The van der Waals surface area contributed by atoms with Gasteiger partial charge in [0.05, 0.1) is 0 Å². The van der Waals surface area contributed by atoms with Gasteiger partial charge in [-0.15, -0.1) is 0 Å². The van der Waals surface area contributed by atoms with Gasteiger partial charge in [-0.05, 0) is 19.1 Å². The number of carbonyl (C=O) groups is 2. The second kappa shape index (κ2) is 7.75. The topological polar surface area (TPSA) is 78.4 Å². The minimum absolute atomic E-state index is 0.234. The summed E-state index contributed by atoms with van der Waals surface area (Å²) in [6, 6.07) is -0.847. The zero-order valence-electron chi connectivity index (χ0n) is 11.7. The Morgan fingerprint density at radius 2 is 1.95 bits per heavy atom. The molecule has 1 saturated carbocycles. The Balaban J connectivity index is 2.41. The van der Waals surface area contributed by atoms with Gasteiger partial charge in [-0.3, -0.25) is 4.79 Å². The molecule has 0 aromatic carbocycles. The molecule has 0 radical (unpaired) electrons. The zero-order chi connectivity index (χ0) is 14.3. The van der Waals surface area contributed by atoms with E-state index in [9.17, 15) is 9.59 Å². The van der Waals surface area contributed by atoms with E-state index in [1.165, 1.54) is 39.0 Å². The van der Waals surface area contributed by atoms with Crippen LogP contribution in [0.5, 0.6) is 0 Å². The van der Waals surface area contributed by atoms with E-state index in [1.54, 1.807) is 0 Å². The van der Waals surface area contributed by atoms with Crippen molar-refractivity contribution in [2.24, 2.45) is 0 Å². The molecule has 6 heteroatoms. The quantitative estimate of drug-likeness (QED) is 0.657. The summed E-state index contributed by atoms with van der Waals surface area (Å²) in [7, 11) is 0. The van der Waals surface area contributed by atoms with Crippen LogP contribution in [0.25, 0.3) is 0 Å². The lowest BCUT2D eigenvalue weighted by Crippen LogP contribution is -2.49. The van der Waals surface area contributed by atoms with Crippen LogP contribution in [0.1, 0.15) is 39.0 Å². The molecule has 1 rings (SSSR count). The molecule has 19 heavy (non-hydrogen) atoms. The highest BCUT2D eigenvalue weighted by atomic mass is 32.2. The number of hydrogen-bond acceptors (Lipinski definition) is 4. The van der Waals surface area contributed by atoms with Crippen LogP contribution in [-0.2, 0) is 9.59 Å². The molecule has 3 N–H and O–H groups in total. The molecule has 1 atom stereocenters. The standard InChI is InChI=1S/C13H24N2O3S/c1-10(16)15-11(12(17)18)8-14-9-13(19-2)6-4-3-5-7-13/h11,14H,3-9H2,1-2H3,(H,15,16)(H,17,18). The highest BCUT2D eigenvalue weighted by molar-refractivity contribution is 8.00. The van der Waals surface area contributed by atoms with Crippen molar-refractivity contribution in [2.45, 2.75) is 49.8 Å². The summed E-state index contributed by atoms with van der Waals surface area (Å²) in [5, 5.41) is 14.7. The lowest BCUT2D eigenvalue weighted by molar-refractivity contribution is -0.141. The molecule has 1 aliphatic rings. The molecule has 0 bridgehead atoms. The summed E-state index contributed by atoms with van der Waals surface area (Å²) in [4.78, 5) is 21.9. The van der Waals surface area contributed by atoms with Crippen LogP contribution in [0, 0.1) is 0 Å². The van der Waals surface area contributed by atoms with E-state index in [0.717, 1.165) is 6.54 Å². The fourth-order valence-electron chi connectivity index (χ4n) is 2.54. The van der Waals surface area contributed by atoms with Crippen molar-refractivity contribution >= 4 is 23.6 Å². The van der Waals surface area contributed by atoms with Gasteiger partial charge >= 0.3 is 5.97 Å². The Morgan fingerprint density at radius 1 is 1.32 bits per heavy atom. The van der Waals surface area contributed by atoms with Gasteiger partial charge in [-0.1, -0.05) is 19.3 Å². The molecule has 1 unspecified atom stereocenters. The molecule has 0 heterocycles. The van der Waals surface area contributed by atoms with E-state index in [0.29, 0.717) is 0 Å². The maximum absolute atomic E-state index is 11.0. The molecule has 0 aliphatic heterocycles. The van der Waals surface area contributed by atoms with Crippen molar-refractivity contribution in [3.05, 3.63) is 0 Å². The van der Waals surface area contributed by atoms with Gasteiger partial charge in [-0.2, -0.15) is 11.8 Å². The number of amides is 1. The number of aliphatic carboxylic acids is 1. The lowest BCUT2D eigenvalue weighted by Gasteiger charge is -2.36. The number of carboxylic acid groups (broad SMARTS) is 1. The van der Waals surface area contributed by atoms with Crippen LogP contribution in [0.15, 0.2) is 0 Å². The first kappa shape index (κ1) is 16.3. The van der Waals surface area contributed by atoms with Crippen molar-refractivity contribution in [3.8, 4) is 0 Å². The molecular weight excluding hydrogens is 264 g/mol. The molecule has 0 spiro atoms. The summed E-state index contributed by atoms with van der Waals surface area (Å²) < 4.78 is 0.234. The van der Waals surface area contributed by atoms with Gasteiger partial charge in [0, 0.05) is 24.8 Å². The molecule has 5 nitrogen and oxygen atoms in total. The van der Waals surface area contributed by atoms with Crippen LogP contribution in [0.4, 0.5) is 0 Å². The van der Waals surface area contributed by atoms with Crippen LogP contribution in [-0.4, -0.2) is 47.1 Å².